The van der Waals surface area contributed by atoms with E-state index < -0.39 is 0 Å². The monoisotopic (exact) mass is 331 g/mol. The van der Waals surface area contributed by atoms with Gasteiger partial charge in [-0.3, -0.25) is 9.59 Å². The highest BCUT2D eigenvalue weighted by Gasteiger charge is 2.10. The van der Waals surface area contributed by atoms with Gasteiger partial charge in [-0.15, -0.1) is 0 Å². The molecule has 0 aliphatic heterocycles. The number of nitrogens with one attached hydrogen (secondary N) is 1. The Kier molecular flexibility index (Phi) is 4.69. The first-order valence-electron chi connectivity index (χ1n) is 6.20. The fourth-order valence-corrected chi connectivity index (χ4v) is 2.02. The van der Waals surface area contributed by atoms with Gasteiger partial charge in [0.25, 0.3) is 5.91 Å². The Bertz CT molecular complexity index is 638. The molecule has 1 amide bonds. The second kappa shape index (κ2) is 6.48. The number of aryl methyl sites for hydroxylation is 1. The number of hydrogen-bond donors (Lipinski definition) is 1. The van der Waals surface area contributed by atoms with E-state index in [0.717, 1.165) is 10.0 Å². The number of carbonyl (C=O) groups is 2. The average molecular weight is 332 g/mol. The smallest absolute Gasteiger partial charge is 0.251 e. The molecular weight excluding hydrogens is 318 g/mol. The van der Waals surface area contributed by atoms with Crippen molar-refractivity contribution in [2.45, 2.75) is 6.92 Å². The van der Waals surface area contributed by atoms with Crippen LogP contribution in [-0.4, -0.2) is 18.2 Å². The van der Waals surface area contributed by atoms with Crippen molar-refractivity contribution >= 4 is 27.6 Å². The lowest BCUT2D eigenvalue weighted by Crippen LogP contribution is -2.29. The molecule has 2 aromatic carbocycles. The zero-order valence-corrected chi connectivity index (χ0v) is 12.6. The second-order valence-corrected chi connectivity index (χ2v) is 5.29. The van der Waals surface area contributed by atoms with Crippen LogP contribution in [0.1, 0.15) is 26.3 Å². The third kappa shape index (κ3) is 3.54. The summed E-state index contributed by atoms with van der Waals surface area (Å²) in [5, 5.41) is 2.64. The summed E-state index contributed by atoms with van der Waals surface area (Å²) in [7, 11) is 0. The van der Waals surface area contributed by atoms with Crippen molar-refractivity contribution < 1.29 is 9.59 Å². The molecule has 3 nitrogen and oxygen atoms in total. The van der Waals surface area contributed by atoms with Crippen molar-refractivity contribution in [3.05, 3.63) is 69.7 Å². The summed E-state index contributed by atoms with van der Waals surface area (Å²) in [5.41, 5.74) is 2.12. The van der Waals surface area contributed by atoms with E-state index in [2.05, 4.69) is 21.2 Å². The number of benzene rings is 2. The minimum atomic E-state index is -0.245. The summed E-state index contributed by atoms with van der Waals surface area (Å²) < 4.78 is 0.953. The summed E-state index contributed by atoms with van der Waals surface area (Å²) in [6, 6.07) is 14.2. The first-order valence-corrected chi connectivity index (χ1v) is 7.00. The van der Waals surface area contributed by atoms with Crippen LogP contribution >= 0.6 is 15.9 Å². The predicted octanol–water partition coefficient (Wildman–Crippen LogP) is 3.37. The van der Waals surface area contributed by atoms with Gasteiger partial charge in [-0.25, -0.2) is 0 Å². The Balaban J connectivity index is 1.98. The van der Waals surface area contributed by atoms with Crippen molar-refractivity contribution in [2.24, 2.45) is 0 Å². The molecule has 0 spiro atoms. The van der Waals surface area contributed by atoms with Gasteiger partial charge >= 0.3 is 0 Å². The van der Waals surface area contributed by atoms with Crippen LogP contribution in [0.25, 0.3) is 0 Å². The SMILES string of the molecule is Cc1cc(C(=O)NCC(=O)c2ccccc2)ccc1Br. The Morgan fingerprint density at radius 3 is 2.40 bits per heavy atom. The molecule has 4 heteroatoms. The lowest BCUT2D eigenvalue weighted by Gasteiger charge is -2.06. The van der Waals surface area contributed by atoms with Gasteiger partial charge in [0.2, 0.25) is 0 Å². The van der Waals surface area contributed by atoms with Crippen LogP contribution in [0.4, 0.5) is 0 Å². The minimum Gasteiger partial charge on any atom is -0.345 e. The molecule has 20 heavy (non-hydrogen) atoms. The third-order valence-corrected chi connectivity index (χ3v) is 3.82. The number of halogens is 1. The van der Waals surface area contributed by atoms with Crippen molar-refractivity contribution in [1.29, 1.82) is 0 Å². The van der Waals surface area contributed by atoms with Gasteiger partial charge in [0, 0.05) is 15.6 Å². The van der Waals surface area contributed by atoms with Gasteiger partial charge < -0.3 is 5.32 Å². The van der Waals surface area contributed by atoms with Crippen molar-refractivity contribution in [1.82, 2.24) is 5.32 Å². The maximum atomic E-state index is 12.0. The Hall–Kier alpha value is -1.94. The summed E-state index contributed by atoms with van der Waals surface area (Å²) in [6.45, 7) is 1.91. The van der Waals surface area contributed by atoms with E-state index >= 15 is 0 Å². The van der Waals surface area contributed by atoms with E-state index in [0.29, 0.717) is 11.1 Å². The van der Waals surface area contributed by atoms with E-state index in [-0.39, 0.29) is 18.2 Å². The first-order chi connectivity index (χ1) is 9.58. The molecule has 0 aliphatic rings. The van der Waals surface area contributed by atoms with Crippen LogP contribution in [0, 0.1) is 6.92 Å². The molecule has 2 aromatic rings. The molecule has 0 atom stereocenters. The maximum absolute atomic E-state index is 12.0. The fraction of sp³-hybridized carbons (Fsp3) is 0.125. The molecule has 0 aromatic heterocycles. The Labute approximate surface area is 126 Å². The fourth-order valence-electron chi connectivity index (χ4n) is 1.77. The molecule has 102 valence electrons. The summed E-state index contributed by atoms with van der Waals surface area (Å²) >= 11 is 3.39. The number of Topliss-reactive ketones (excluding diaryl/α,β-unsaturated/α-hetero) is 1. The molecule has 0 saturated heterocycles. The van der Waals surface area contributed by atoms with Crippen LogP contribution in [0.5, 0.6) is 0 Å². The average Bonchev–Trinajstić information content (AvgIpc) is 2.48. The van der Waals surface area contributed by atoms with Gasteiger partial charge in [-0.2, -0.15) is 0 Å². The molecule has 0 bridgehead atoms. The zero-order chi connectivity index (χ0) is 14.5. The predicted molar refractivity (Wildman–Crippen MR) is 82.0 cm³/mol. The first kappa shape index (κ1) is 14.5. The number of rotatable bonds is 4. The number of carbonyl (C=O) groups excluding carboxylic acids is 2. The molecule has 0 heterocycles. The van der Waals surface area contributed by atoms with E-state index in [1.54, 1.807) is 36.4 Å². The minimum absolute atomic E-state index is 0.00203. The van der Waals surface area contributed by atoms with E-state index in [1.807, 2.05) is 19.1 Å². The van der Waals surface area contributed by atoms with Crippen LogP contribution in [0.15, 0.2) is 53.0 Å². The topological polar surface area (TPSA) is 46.2 Å². The quantitative estimate of drug-likeness (QED) is 0.873. The van der Waals surface area contributed by atoms with E-state index in [9.17, 15) is 9.59 Å². The van der Waals surface area contributed by atoms with Crippen LogP contribution < -0.4 is 5.32 Å². The molecule has 2 rings (SSSR count). The van der Waals surface area contributed by atoms with Gasteiger partial charge in [0.15, 0.2) is 5.78 Å². The van der Waals surface area contributed by atoms with E-state index in [4.69, 9.17) is 0 Å². The Morgan fingerprint density at radius 1 is 1.05 bits per heavy atom. The summed E-state index contributed by atoms with van der Waals surface area (Å²) in [6.07, 6.45) is 0. The number of hydrogen-bond acceptors (Lipinski definition) is 2. The van der Waals surface area contributed by atoms with Gasteiger partial charge in [-0.1, -0.05) is 46.3 Å². The van der Waals surface area contributed by atoms with Crippen LogP contribution in [-0.2, 0) is 0 Å². The maximum Gasteiger partial charge on any atom is 0.251 e. The standard InChI is InChI=1S/C16H14BrNO2/c1-11-9-13(7-8-14(11)17)16(20)18-10-15(19)12-5-3-2-4-6-12/h2-9H,10H2,1H3,(H,18,20). The highest BCUT2D eigenvalue weighted by Crippen LogP contribution is 2.16. The molecule has 0 unspecified atom stereocenters. The normalized spacial score (nSPS) is 10.1. The van der Waals surface area contributed by atoms with Gasteiger partial charge in [0.05, 0.1) is 6.54 Å². The summed E-state index contributed by atoms with van der Waals surface area (Å²) in [5.74, 6) is -0.349. The molecule has 0 saturated carbocycles. The Morgan fingerprint density at radius 2 is 1.75 bits per heavy atom. The van der Waals surface area contributed by atoms with E-state index in [1.165, 1.54) is 0 Å². The zero-order valence-electron chi connectivity index (χ0n) is 11.0. The molecule has 0 radical (unpaired) electrons. The van der Waals surface area contributed by atoms with Gasteiger partial charge in [-0.05, 0) is 30.7 Å². The van der Waals surface area contributed by atoms with Crippen molar-refractivity contribution in [3.8, 4) is 0 Å². The number of amides is 1. The van der Waals surface area contributed by atoms with Gasteiger partial charge in [0.1, 0.15) is 0 Å². The molecule has 1 N–H and O–H groups in total. The largest absolute Gasteiger partial charge is 0.345 e. The lowest BCUT2D eigenvalue weighted by molar-refractivity contribution is 0.0904. The summed E-state index contributed by atoms with van der Waals surface area (Å²) in [4.78, 5) is 23.8. The second-order valence-electron chi connectivity index (χ2n) is 4.44. The molecular formula is C16H14BrNO2. The third-order valence-electron chi connectivity index (χ3n) is 2.93. The lowest BCUT2D eigenvalue weighted by atomic mass is 10.1. The highest BCUT2D eigenvalue weighted by atomic mass is 79.9. The van der Waals surface area contributed by atoms with Crippen LogP contribution in [0.2, 0.25) is 0 Å². The molecule has 0 aliphatic carbocycles. The van der Waals surface area contributed by atoms with Crippen molar-refractivity contribution in [3.63, 3.8) is 0 Å². The molecule has 0 fully saturated rings. The highest BCUT2D eigenvalue weighted by molar-refractivity contribution is 9.10. The van der Waals surface area contributed by atoms with Crippen molar-refractivity contribution in [2.75, 3.05) is 6.54 Å². The number of ketones is 1. The van der Waals surface area contributed by atoms with Crippen LogP contribution in [0.3, 0.4) is 0 Å².